The average molecular weight is 375 g/mol. The fourth-order valence-electron chi connectivity index (χ4n) is 3.18. The van der Waals surface area contributed by atoms with Crippen LogP contribution in [-0.2, 0) is 0 Å². The van der Waals surface area contributed by atoms with Crippen LogP contribution >= 0.6 is 23.8 Å². The van der Waals surface area contributed by atoms with E-state index in [1.54, 1.807) is 6.21 Å². The lowest BCUT2D eigenvalue weighted by Crippen LogP contribution is -2.40. The maximum absolute atomic E-state index is 6.23. The van der Waals surface area contributed by atoms with Gasteiger partial charge >= 0.3 is 0 Å². The molecule has 4 nitrogen and oxygen atoms in total. The van der Waals surface area contributed by atoms with E-state index in [2.05, 4.69) is 20.8 Å². The second-order valence-corrected chi connectivity index (χ2v) is 7.21. The van der Waals surface area contributed by atoms with E-state index in [0.717, 1.165) is 16.5 Å². The first-order valence-corrected chi connectivity index (χ1v) is 9.66. The molecule has 25 heavy (non-hydrogen) atoms. The summed E-state index contributed by atoms with van der Waals surface area (Å²) in [6.07, 6.45) is 10.5. The van der Waals surface area contributed by atoms with Crippen molar-refractivity contribution in [2.45, 2.75) is 51.0 Å². The number of hydrogen-bond donors (Lipinski definition) is 2. The van der Waals surface area contributed by atoms with Crippen LogP contribution in [0.2, 0.25) is 5.15 Å². The SMILES string of the molecule is S=C(N/N=C/c1cc2ccccc2nc1Cl)NC1CCCCCCC1. The van der Waals surface area contributed by atoms with Crippen LogP contribution in [0.1, 0.15) is 50.5 Å². The molecule has 2 N–H and O–H groups in total. The molecule has 1 aliphatic carbocycles. The van der Waals surface area contributed by atoms with Gasteiger partial charge in [-0.3, -0.25) is 5.43 Å². The van der Waals surface area contributed by atoms with Crippen LogP contribution in [0, 0.1) is 0 Å². The molecular formula is C19H23ClN4S. The molecule has 1 aliphatic rings. The summed E-state index contributed by atoms with van der Waals surface area (Å²) < 4.78 is 0. The monoisotopic (exact) mass is 374 g/mol. The fraction of sp³-hybridized carbons (Fsp3) is 0.421. The van der Waals surface area contributed by atoms with Crippen molar-refractivity contribution in [3.63, 3.8) is 0 Å². The van der Waals surface area contributed by atoms with Gasteiger partial charge in [0.05, 0.1) is 11.7 Å². The Balaban J connectivity index is 1.57. The van der Waals surface area contributed by atoms with Crippen LogP contribution in [0.4, 0.5) is 0 Å². The molecule has 132 valence electrons. The van der Waals surface area contributed by atoms with Crippen molar-refractivity contribution in [3.05, 3.63) is 41.0 Å². The molecule has 0 aliphatic heterocycles. The predicted molar refractivity (Wildman–Crippen MR) is 109 cm³/mol. The number of aromatic nitrogens is 1. The lowest BCUT2D eigenvalue weighted by Gasteiger charge is -2.21. The number of rotatable bonds is 3. The van der Waals surface area contributed by atoms with Gasteiger partial charge in [-0.15, -0.1) is 0 Å². The van der Waals surface area contributed by atoms with Gasteiger partial charge in [0.1, 0.15) is 5.15 Å². The number of hydrazone groups is 1. The van der Waals surface area contributed by atoms with Crippen molar-refractivity contribution >= 4 is 46.0 Å². The molecule has 3 rings (SSSR count). The van der Waals surface area contributed by atoms with Crippen LogP contribution in [0.25, 0.3) is 10.9 Å². The summed E-state index contributed by atoms with van der Waals surface area (Å²) >= 11 is 11.6. The Morgan fingerprint density at radius 1 is 1.16 bits per heavy atom. The highest BCUT2D eigenvalue weighted by Gasteiger charge is 2.11. The topological polar surface area (TPSA) is 49.3 Å². The minimum Gasteiger partial charge on any atom is -0.359 e. The zero-order valence-corrected chi connectivity index (χ0v) is 15.7. The van der Waals surface area contributed by atoms with Crippen LogP contribution in [0.15, 0.2) is 35.4 Å². The lowest BCUT2D eigenvalue weighted by atomic mass is 9.97. The first-order valence-electron chi connectivity index (χ1n) is 8.87. The smallest absolute Gasteiger partial charge is 0.187 e. The molecular weight excluding hydrogens is 352 g/mol. The Labute approximate surface area is 159 Å². The first-order chi connectivity index (χ1) is 12.2. The second kappa shape index (κ2) is 9.11. The molecule has 1 aromatic carbocycles. The highest BCUT2D eigenvalue weighted by molar-refractivity contribution is 7.80. The van der Waals surface area contributed by atoms with E-state index >= 15 is 0 Å². The third-order valence-electron chi connectivity index (χ3n) is 4.51. The number of fused-ring (bicyclic) bond motifs is 1. The lowest BCUT2D eigenvalue weighted by molar-refractivity contribution is 0.427. The zero-order chi connectivity index (χ0) is 17.5. The third-order valence-corrected chi connectivity index (χ3v) is 5.03. The quantitative estimate of drug-likeness (QED) is 0.350. The molecule has 0 bridgehead atoms. The van der Waals surface area contributed by atoms with Crippen molar-refractivity contribution in [2.24, 2.45) is 5.10 Å². The number of halogens is 1. The number of thiocarbonyl (C=S) groups is 1. The summed E-state index contributed by atoms with van der Waals surface area (Å²) in [5.41, 5.74) is 4.53. The van der Waals surface area contributed by atoms with Crippen molar-refractivity contribution in [1.82, 2.24) is 15.7 Å². The van der Waals surface area contributed by atoms with Crippen molar-refractivity contribution < 1.29 is 0 Å². The van der Waals surface area contributed by atoms with Crippen LogP contribution < -0.4 is 10.7 Å². The van der Waals surface area contributed by atoms with Gasteiger partial charge in [0.2, 0.25) is 0 Å². The number of pyridine rings is 1. The van der Waals surface area contributed by atoms with Crippen molar-refractivity contribution in [1.29, 1.82) is 0 Å². The Morgan fingerprint density at radius 3 is 2.68 bits per heavy atom. The highest BCUT2D eigenvalue weighted by Crippen LogP contribution is 2.19. The molecule has 1 fully saturated rings. The molecule has 1 aromatic heterocycles. The molecule has 6 heteroatoms. The number of nitrogens with zero attached hydrogens (tertiary/aromatic N) is 2. The Hall–Kier alpha value is -1.72. The zero-order valence-electron chi connectivity index (χ0n) is 14.2. The standard InChI is InChI=1S/C19H23ClN4S/c20-18-15(12-14-8-6-7-11-17(14)23-18)13-21-24-19(25)22-16-9-4-2-1-3-5-10-16/h6-8,11-13,16H,1-5,9-10H2,(H2,22,24,25)/b21-13+. The minimum absolute atomic E-state index is 0.433. The van der Waals surface area contributed by atoms with E-state index in [-0.39, 0.29) is 0 Å². The molecule has 2 aromatic rings. The highest BCUT2D eigenvalue weighted by atomic mass is 35.5. The first kappa shape index (κ1) is 18.1. The van der Waals surface area contributed by atoms with Gasteiger partial charge < -0.3 is 5.32 Å². The Morgan fingerprint density at radius 2 is 1.88 bits per heavy atom. The number of nitrogens with one attached hydrogen (secondary N) is 2. The van der Waals surface area contributed by atoms with E-state index in [9.17, 15) is 0 Å². The van der Waals surface area contributed by atoms with Gasteiger partial charge in [-0.1, -0.05) is 61.9 Å². The normalized spacial score (nSPS) is 16.5. The van der Waals surface area contributed by atoms with Gasteiger partial charge in [0, 0.05) is 17.0 Å². The van der Waals surface area contributed by atoms with Gasteiger partial charge in [0.25, 0.3) is 0 Å². The molecule has 0 radical (unpaired) electrons. The predicted octanol–water partition coefficient (Wildman–Crippen LogP) is 4.80. The Bertz CT molecular complexity index is 754. The van der Waals surface area contributed by atoms with Gasteiger partial charge in [-0.25, -0.2) is 4.98 Å². The van der Waals surface area contributed by atoms with Crippen LogP contribution in [0.5, 0.6) is 0 Å². The summed E-state index contributed by atoms with van der Waals surface area (Å²) in [4.78, 5) is 4.38. The van der Waals surface area contributed by atoms with E-state index in [1.165, 1.54) is 44.9 Å². The van der Waals surface area contributed by atoms with E-state index in [4.69, 9.17) is 23.8 Å². The fourth-order valence-corrected chi connectivity index (χ4v) is 3.59. The molecule has 0 spiro atoms. The van der Waals surface area contributed by atoms with Gasteiger partial charge in [0.15, 0.2) is 5.11 Å². The van der Waals surface area contributed by atoms with E-state index < -0.39 is 0 Å². The number of hydrogen-bond acceptors (Lipinski definition) is 3. The van der Waals surface area contributed by atoms with Gasteiger partial charge in [-0.2, -0.15) is 5.10 Å². The summed E-state index contributed by atoms with van der Waals surface area (Å²) in [6.45, 7) is 0. The maximum Gasteiger partial charge on any atom is 0.187 e. The minimum atomic E-state index is 0.433. The summed E-state index contributed by atoms with van der Waals surface area (Å²) in [5.74, 6) is 0. The van der Waals surface area contributed by atoms with Crippen molar-refractivity contribution in [3.8, 4) is 0 Å². The van der Waals surface area contributed by atoms with Crippen LogP contribution in [0.3, 0.4) is 0 Å². The Kier molecular flexibility index (Phi) is 6.59. The van der Waals surface area contributed by atoms with E-state index in [1.807, 2.05) is 30.3 Å². The van der Waals surface area contributed by atoms with Crippen molar-refractivity contribution in [2.75, 3.05) is 0 Å². The molecule has 1 heterocycles. The summed E-state index contributed by atoms with van der Waals surface area (Å²) in [5, 5.41) is 9.61. The molecule has 1 saturated carbocycles. The average Bonchev–Trinajstić information content (AvgIpc) is 2.57. The van der Waals surface area contributed by atoms with E-state index in [0.29, 0.717) is 16.3 Å². The summed E-state index contributed by atoms with van der Waals surface area (Å²) in [7, 11) is 0. The maximum atomic E-state index is 6.23. The second-order valence-electron chi connectivity index (χ2n) is 6.45. The summed E-state index contributed by atoms with van der Waals surface area (Å²) in [6, 6.07) is 10.3. The third kappa shape index (κ3) is 5.38. The van der Waals surface area contributed by atoms with Gasteiger partial charge in [-0.05, 0) is 37.2 Å². The molecule has 0 saturated heterocycles. The number of benzene rings is 1. The molecule has 0 atom stereocenters. The number of para-hydroxylation sites is 1. The largest absolute Gasteiger partial charge is 0.359 e. The van der Waals surface area contributed by atoms with Crippen LogP contribution in [-0.4, -0.2) is 22.4 Å². The molecule has 0 amide bonds. The molecule has 0 unspecified atom stereocenters.